The van der Waals surface area contributed by atoms with Gasteiger partial charge in [0.2, 0.25) is 5.95 Å². The summed E-state index contributed by atoms with van der Waals surface area (Å²) in [6.45, 7) is 3.53. The molecule has 6 heteroatoms. The smallest absolute Gasteiger partial charge is 0.215 e. The fourth-order valence-electron chi connectivity index (χ4n) is 3.65. The Kier molecular flexibility index (Phi) is 4.77. The van der Waals surface area contributed by atoms with Gasteiger partial charge >= 0.3 is 0 Å². The van der Waals surface area contributed by atoms with E-state index in [0.717, 1.165) is 49.0 Å². The quantitative estimate of drug-likeness (QED) is 0.691. The highest BCUT2D eigenvalue weighted by atomic mass is 16.5. The average Bonchev–Trinajstić information content (AvgIpc) is 3.06. The predicted octanol–water partition coefficient (Wildman–Crippen LogP) is 0.900. The number of rotatable bonds is 6. The number of ether oxygens (including phenoxy) is 1. The van der Waals surface area contributed by atoms with Crippen molar-refractivity contribution in [3.63, 3.8) is 0 Å². The molecule has 1 aromatic heterocycles. The number of aliphatic hydroxyl groups is 1. The Hall–Kier alpha value is -2.57. The number of fused-ring (bicyclic) bond motifs is 3. The van der Waals surface area contributed by atoms with Gasteiger partial charge in [0.05, 0.1) is 31.3 Å². The Balaban J connectivity index is 1.53. The van der Waals surface area contributed by atoms with Gasteiger partial charge in [0.15, 0.2) is 13.3 Å². The molecule has 0 spiro atoms. The Morgan fingerprint density at radius 3 is 2.69 bits per heavy atom. The summed E-state index contributed by atoms with van der Waals surface area (Å²) in [5.74, 6) is 1.86. The Morgan fingerprint density at radius 1 is 1.12 bits per heavy atom. The van der Waals surface area contributed by atoms with E-state index in [0.29, 0.717) is 6.54 Å². The van der Waals surface area contributed by atoms with Crippen LogP contribution in [0.15, 0.2) is 48.5 Å². The fraction of sp³-hybridized carbons (Fsp3) is 0.350. The molecule has 4 rings (SSSR count). The minimum absolute atomic E-state index is 0.134. The summed E-state index contributed by atoms with van der Waals surface area (Å²) in [6.07, 6.45) is 1.01. The number of aliphatic hydroxyl groups excluding tert-OH is 1. The SMILES string of the molecule is COc1ccc(CC[NH+]2CN(CCO)c3nc4ccccc4n3C2)cc1. The molecule has 1 unspecified atom stereocenters. The van der Waals surface area contributed by atoms with E-state index in [1.54, 1.807) is 7.11 Å². The molecule has 26 heavy (non-hydrogen) atoms. The number of hydrogen-bond acceptors (Lipinski definition) is 4. The highest BCUT2D eigenvalue weighted by Gasteiger charge is 2.27. The van der Waals surface area contributed by atoms with Gasteiger partial charge in [-0.05, 0) is 29.8 Å². The lowest BCUT2D eigenvalue weighted by Crippen LogP contribution is -3.14. The van der Waals surface area contributed by atoms with Gasteiger partial charge in [0.25, 0.3) is 0 Å². The molecule has 0 aliphatic carbocycles. The van der Waals surface area contributed by atoms with Crippen LogP contribution in [0.5, 0.6) is 5.75 Å². The monoisotopic (exact) mass is 353 g/mol. The van der Waals surface area contributed by atoms with E-state index in [9.17, 15) is 5.11 Å². The third-order valence-corrected chi connectivity index (χ3v) is 5.01. The van der Waals surface area contributed by atoms with E-state index in [1.165, 1.54) is 10.5 Å². The van der Waals surface area contributed by atoms with Crippen molar-refractivity contribution in [2.24, 2.45) is 0 Å². The zero-order valence-corrected chi connectivity index (χ0v) is 15.1. The van der Waals surface area contributed by atoms with Crippen LogP contribution in [0.2, 0.25) is 0 Å². The third-order valence-electron chi connectivity index (χ3n) is 5.01. The molecule has 1 aliphatic rings. The molecular formula is C20H25N4O2+. The molecule has 0 fully saturated rings. The van der Waals surface area contributed by atoms with Crippen LogP contribution in [0.3, 0.4) is 0 Å². The summed E-state index contributed by atoms with van der Waals surface area (Å²) >= 11 is 0. The second kappa shape index (κ2) is 7.35. The van der Waals surface area contributed by atoms with Crippen molar-refractivity contribution in [1.82, 2.24) is 9.55 Å². The van der Waals surface area contributed by atoms with E-state index >= 15 is 0 Å². The summed E-state index contributed by atoms with van der Waals surface area (Å²) in [6, 6.07) is 16.5. The van der Waals surface area contributed by atoms with Gasteiger partial charge in [0.1, 0.15) is 5.75 Å². The van der Waals surface area contributed by atoms with Crippen LogP contribution in [0.1, 0.15) is 5.56 Å². The van der Waals surface area contributed by atoms with E-state index in [-0.39, 0.29) is 6.61 Å². The maximum absolute atomic E-state index is 9.46. The van der Waals surface area contributed by atoms with Crippen LogP contribution in [0.25, 0.3) is 11.0 Å². The Labute approximate surface area is 153 Å². The van der Waals surface area contributed by atoms with E-state index in [1.807, 2.05) is 18.2 Å². The van der Waals surface area contributed by atoms with Crippen molar-refractivity contribution in [1.29, 1.82) is 0 Å². The molecule has 1 aliphatic heterocycles. The number of para-hydroxylation sites is 2. The largest absolute Gasteiger partial charge is 0.497 e. The Morgan fingerprint density at radius 2 is 1.92 bits per heavy atom. The zero-order valence-electron chi connectivity index (χ0n) is 15.1. The molecule has 0 saturated carbocycles. The number of hydrogen-bond donors (Lipinski definition) is 2. The number of anilines is 1. The van der Waals surface area contributed by atoms with Crippen molar-refractivity contribution >= 4 is 17.0 Å². The highest BCUT2D eigenvalue weighted by molar-refractivity contribution is 5.78. The van der Waals surface area contributed by atoms with Crippen LogP contribution >= 0.6 is 0 Å². The average molecular weight is 353 g/mol. The molecule has 0 radical (unpaired) electrons. The molecule has 2 N–H and O–H groups in total. The van der Waals surface area contributed by atoms with Gasteiger partial charge in [-0.25, -0.2) is 4.98 Å². The van der Waals surface area contributed by atoms with Gasteiger partial charge in [-0.15, -0.1) is 0 Å². The molecule has 136 valence electrons. The second-order valence-electron chi connectivity index (χ2n) is 6.73. The first kappa shape index (κ1) is 16.9. The number of β-amino-alcohol motifs (C(OH)–C–C–N with tert-alkyl or cyclic N) is 1. The lowest BCUT2D eigenvalue weighted by atomic mass is 10.1. The third kappa shape index (κ3) is 3.25. The summed E-state index contributed by atoms with van der Waals surface area (Å²) < 4.78 is 7.51. The maximum atomic E-state index is 9.46. The molecule has 2 aromatic carbocycles. The molecule has 0 amide bonds. The van der Waals surface area contributed by atoms with Crippen molar-refractivity contribution in [2.75, 3.05) is 38.4 Å². The molecule has 1 atom stereocenters. The standard InChI is InChI=1S/C20H24N4O2/c1-26-17-8-6-16(7-9-17)10-11-22-14-23(12-13-25)20-21-18-4-2-3-5-19(18)24(20)15-22/h2-9,25H,10-15H2,1H3/p+1. The first-order valence-electron chi connectivity index (χ1n) is 9.06. The van der Waals surface area contributed by atoms with Crippen molar-refractivity contribution < 1.29 is 14.7 Å². The van der Waals surface area contributed by atoms with Crippen LogP contribution in [-0.4, -0.2) is 48.1 Å². The molecule has 0 saturated heterocycles. The first-order valence-corrected chi connectivity index (χ1v) is 9.06. The fourth-order valence-corrected chi connectivity index (χ4v) is 3.65. The number of imidazole rings is 1. The minimum atomic E-state index is 0.134. The maximum Gasteiger partial charge on any atom is 0.215 e. The number of nitrogens with zero attached hydrogens (tertiary/aromatic N) is 3. The summed E-state index contributed by atoms with van der Waals surface area (Å²) in [7, 11) is 1.69. The van der Waals surface area contributed by atoms with Gasteiger partial charge in [-0.2, -0.15) is 0 Å². The lowest BCUT2D eigenvalue weighted by Gasteiger charge is -2.34. The van der Waals surface area contributed by atoms with Crippen LogP contribution < -0.4 is 14.5 Å². The topological polar surface area (TPSA) is 55.0 Å². The predicted molar refractivity (Wildman–Crippen MR) is 102 cm³/mol. The molecule has 0 bridgehead atoms. The first-order chi connectivity index (χ1) is 12.8. The summed E-state index contributed by atoms with van der Waals surface area (Å²) in [4.78, 5) is 8.43. The molecular weight excluding hydrogens is 328 g/mol. The molecule has 3 aromatic rings. The number of quaternary nitrogens is 1. The number of nitrogens with one attached hydrogen (secondary N) is 1. The van der Waals surface area contributed by atoms with Crippen LogP contribution in [-0.2, 0) is 13.1 Å². The van der Waals surface area contributed by atoms with Crippen LogP contribution in [0.4, 0.5) is 5.95 Å². The summed E-state index contributed by atoms with van der Waals surface area (Å²) in [5.41, 5.74) is 3.49. The number of aromatic nitrogens is 2. The molecule has 6 nitrogen and oxygen atoms in total. The number of benzene rings is 2. The van der Waals surface area contributed by atoms with Crippen molar-refractivity contribution in [3.8, 4) is 5.75 Å². The van der Waals surface area contributed by atoms with Gasteiger partial charge in [-0.1, -0.05) is 24.3 Å². The molecule has 2 heterocycles. The van der Waals surface area contributed by atoms with Crippen molar-refractivity contribution in [2.45, 2.75) is 13.1 Å². The lowest BCUT2D eigenvalue weighted by molar-refractivity contribution is -0.924. The van der Waals surface area contributed by atoms with E-state index in [4.69, 9.17) is 9.72 Å². The summed E-state index contributed by atoms with van der Waals surface area (Å²) in [5, 5.41) is 9.46. The van der Waals surface area contributed by atoms with Gasteiger partial charge < -0.3 is 14.7 Å². The Bertz CT molecular complexity index is 875. The van der Waals surface area contributed by atoms with E-state index in [2.05, 4.69) is 39.8 Å². The van der Waals surface area contributed by atoms with Gasteiger partial charge in [0, 0.05) is 13.0 Å². The second-order valence-corrected chi connectivity index (χ2v) is 6.73. The number of methoxy groups -OCH3 is 1. The van der Waals surface area contributed by atoms with Gasteiger partial charge in [-0.3, -0.25) is 9.47 Å². The van der Waals surface area contributed by atoms with Crippen molar-refractivity contribution in [3.05, 3.63) is 54.1 Å². The minimum Gasteiger partial charge on any atom is -0.497 e. The van der Waals surface area contributed by atoms with Crippen LogP contribution in [0, 0.1) is 0 Å². The van der Waals surface area contributed by atoms with E-state index < -0.39 is 0 Å². The highest BCUT2D eigenvalue weighted by Crippen LogP contribution is 2.22. The normalized spacial score (nSPS) is 16.7. The zero-order chi connectivity index (χ0) is 17.9.